The van der Waals surface area contributed by atoms with Crippen LogP contribution in [-0.4, -0.2) is 19.3 Å². The minimum Gasteiger partial charge on any atom is -0.418 e. The van der Waals surface area contributed by atoms with Gasteiger partial charge in [0.1, 0.15) is 6.26 Å². The van der Waals surface area contributed by atoms with E-state index in [-0.39, 0.29) is 0 Å². The van der Waals surface area contributed by atoms with Crippen LogP contribution in [-0.2, 0) is 10.8 Å². The summed E-state index contributed by atoms with van der Waals surface area (Å²) in [4.78, 5) is 0. The number of thiol groups is 1. The second kappa shape index (κ2) is 9.31. The van der Waals surface area contributed by atoms with Gasteiger partial charge in [-0.2, -0.15) is 0 Å². The van der Waals surface area contributed by atoms with Crippen molar-refractivity contribution in [2.75, 3.05) is 12.0 Å². The molecule has 0 heterocycles. The number of rotatable bonds is 4. The fourth-order valence-electron chi connectivity index (χ4n) is 0.227. The first-order valence-corrected chi connectivity index (χ1v) is 6.04. The molecule has 0 rings (SSSR count). The van der Waals surface area contributed by atoms with Crippen LogP contribution >= 0.6 is 10.8 Å². The summed E-state index contributed by atoms with van der Waals surface area (Å²) in [6, 6.07) is 0. The molecule has 0 unspecified atom stereocenters. The van der Waals surface area contributed by atoms with Gasteiger partial charge in [-0.3, -0.25) is 0 Å². The molecule has 0 aromatic carbocycles. The van der Waals surface area contributed by atoms with E-state index < -0.39 is 7.25 Å². The van der Waals surface area contributed by atoms with Gasteiger partial charge in [-0.15, -0.1) is 6.58 Å². The highest BCUT2D eigenvalue weighted by Crippen LogP contribution is 2.06. The lowest BCUT2D eigenvalue weighted by Crippen LogP contribution is -2.02. The molecule has 74 valence electrons. The molecule has 0 N–H and O–H groups in total. The van der Waals surface area contributed by atoms with Crippen LogP contribution in [0.2, 0.25) is 0 Å². The van der Waals surface area contributed by atoms with Crippen molar-refractivity contribution in [1.29, 1.82) is 0 Å². The van der Waals surface area contributed by atoms with E-state index in [0.29, 0.717) is 0 Å². The van der Waals surface area contributed by atoms with Crippen LogP contribution in [0.15, 0.2) is 12.7 Å². The molecule has 0 aromatic rings. The van der Waals surface area contributed by atoms with Gasteiger partial charge in [-0.05, 0) is 6.42 Å². The molecule has 0 aromatic heterocycles. The molecule has 12 heavy (non-hydrogen) atoms. The Balaban J connectivity index is 0. The van der Waals surface area contributed by atoms with Crippen LogP contribution in [0.25, 0.3) is 0 Å². The van der Waals surface area contributed by atoms with Crippen molar-refractivity contribution in [3.63, 3.8) is 0 Å². The SMILES string of the molecule is C=CCCS[SH+]C.F[B-](F)(F)F. The van der Waals surface area contributed by atoms with Gasteiger partial charge in [-0.25, -0.2) is 0 Å². The van der Waals surface area contributed by atoms with Crippen LogP contribution in [0.5, 0.6) is 0 Å². The van der Waals surface area contributed by atoms with Crippen molar-refractivity contribution in [3.05, 3.63) is 12.7 Å². The molecular formula is C5H11BF4S2. The Bertz CT molecular complexity index is 100. The van der Waals surface area contributed by atoms with Crippen LogP contribution in [0, 0.1) is 0 Å². The van der Waals surface area contributed by atoms with E-state index in [1.807, 2.05) is 16.9 Å². The summed E-state index contributed by atoms with van der Waals surface area (Å²) in [6.45, 7) is 3.62. The Labute approximate surface area is 77.7 Å². The van der Waals surface area contributed by atoms with Gasteiger partial charge in [-0.1, -0.05) is 6.08 Å². The summed E-state index contributed by atoms with van der Waals surface area (Å²) in [6.07, 6.45) is 5.25. The first-order valence-electron chi connectivity index (χ1n) is 3.11. The monoisotopic (exact) mass is 222 g/mol. The van der Waals surface area contributed by atoms with Crippen LogP contribution < -0.4 is 0 Å². The Morgan fingerprint density at radius 2 is 1.83 bits per heavy atom. The molecule has 0 aliphatic heterocycles. The molecule has 0 aliphatic rings. The average molecular weight is 222 g/mol. The smallest absolute Gasteiger partial charge is 0.418 e. The Morgan fingerprint density at radius 3 is 2.08 bits per heavy atom. The van der Waals surface area contributed by atoms with Crippen molar-refractivity contribution in [2.45, 2.75) is 6.42 Å². The van der Waals surface area contributed by atoms with E-state index in [2.05, 4.69) is 12.8 Å². The molecule has 0 spiro atoms. The van der Waals surface area contributed by atoms with Gasteiger partial charge in [0.25, 0.3) is 0 Å². The molecule has 0 radical (unpaired) electrons. The lowest BCUT2D eigenvalue weighted by Gasteiger charge is -1.94. The molecule has 0 amide bonds. The first-order chi connectivity index (χ1) is 5.41. The highest BCUT2D eigenvalue weighted by Gasteiger charge is 2.20. The highest BCUT2D eigenvalue weighted by atomic mass is 33.1. The zero-order valence-electron chi connectivity index (χ0n) is 6.64. The average Bonchev–Trinajstić information content (AvgIpc) is 1.85. The number of halogens is 4. The summed E-state index contributed by atoms with van der Waals surface area (Å²) in [5.74, 6) is 1.22. The summed E-state index contributed by atoms with van der Waals surface area (Å²) in [5, 5.41) is 0. The Kier molecular flexibility index (Phi) is 11.4. The second-order valence-corrected chi connectivity index (χ2v) is 4.49. The highest BCUT2D eigenvalue weighted by molar-refractivity contribution is 8.66. The maximum absolute atomic E-state index is 9.75. The molecule has 0 fully saturated rings. The van der Waals surface area contributed by atoms with Crippen molar-refractivity contribution < 1.29 is 17.3 Å². The van der Waals surface area contributed by atoms with E-state index in [4.69, 9.17) is 0 Å². The first kappa shape index (κ1) is 14.7. The van der Waals surface area contributed by atoms with Crippen molar-refractivity contribution in [2.24, 2.45) is 0 Å². The van der Waals surface area contributed by atoms with Gasteiger partial charge in [0.2, 0.25) is 0 Å². The molecule has 0 atom stereocenters. The van der Waals surface area contributed by atoms with Crippen molar-refractivity contribution >= 4 is 28.8 Å². The fraction of sp³-hybridized carbons (Fsp3) is 0.600. The molecule has 0 saturated heterocycles. The largest absolute Gasteiger partial charge is 0.673 e. The third-order valence-corrected chi connectivity index (χ3v) is 2.54. The second-order valence-electron chi connectivity index (χ2n) is 1.59. The van der Waals surface area contributed by atoms with Gasteiger partial charge in [0.05, 0.1) is 10.8 Å². The Hall–Kier alpha value is 0.225. The van der Waals surface area contributed by atoms with Crippen LogP contribution in [0.1, 0.15) is 6.42 Å². The molecule has 0 saturated carbocycles. The predicted molar refractivity (Wildman–Crippen MR) is 52.1 cm³/mol. The zero-order valence-corrected chi connectivity index (χ0v) is 8.35. The van der Waals surface area contributed by atoms with E-state index in [0.717, 1.165) is 6.42 Å². The summed E-state index contributed by atoms with van der Waals surface area (Å²) >= 11 is 0. The maximum Gasteiger partial charge on any atom is 0.673 e. The zero-order chi connectivity index (χ0) is 10.0. The third kappa shape index (κ3) is 48.7. The third-order valence-electron chi connectivity index (χ3n) is 0.542. The van der Waals surface area contributed by atoms with Crippen LogP contribution in [0.4, 0.5) is 17.3 Å². The number of hydrogen-bond donors (Lipinski definition) is 0. The van der Waals surface area contributed by atoms with Gasteiger partial charge in [0.15, 0.2) is 0 Å². The lowest BCUT2D eigenvalue weighted by atomic mass is 10.3. The normalized spacial score (nSPS) is 10.1. The van der Waals surface area contributed by atoms with Gasteiger partial charge < -0.3 is 17.3 Å². The van der Waals surface area contributed by atoms with E-state index in [1.165, 1.54) is 16.5 Å². The van der Waals surface area contributed by atoms with E-state index in [1.54, 1.807) is 0 Å². The Morgan fingerprint density at radius 1 is 1.42 bits per heavy atom. The van der Waals surface area contributed by atoms with Crippen LogP contribution in [0.3, 0.4) is 0 Å². The molecular weight excluding hydrogens is 211 g/mol. The quantitative estimate of drug-likeness (QED) is 0.134. The molecule has 0 aliphatic carbocycles. The maximum atomic E-state index is 9.75. The minimum absolute atomic E-state index is 1.14. The predicted octanol–water partition coefficient (Wildman–Crippen LogP) is 2.96. The molecule has 0 nitrogen and oxygen atoms in total. The van der Waals surface area contributed by atoms with Gasteiger partial charge >= 0.3 is 7.25 Å². The topological polar surface area (TPSA) is 0 Å². The van der Waals surface area contributed by atoms with Gasteiger partial charge in [0, 0.05) is 16.5 Å². The van der Waals surface area contributed by atoms with Crippen molar-refractivity contribution in [3.8, 4) is 0 Å². The number of allylic oxidation sites excluding steroid dienone is 1. The molecule has 7 heteroatoms. The standard InChI is InChI=1S/C5H10S2.BF4/c1-3-4-5-7-6-2;2-1(3,4)5/h3H,1,4-5H2,2H3;/q;-1/p+1. The van der Waals surface area contributed by atoms with E-state index in [9.17, 15) is 17.3 Å². The summed E-state index contributed by atoms with van der Waals surface area (Å²) in [7, 11) is -2.64. The van der Waals surface area contributed by atoms with E-state index >= 15 is 0 Å². The summed E-state index contributed by atoms with van der Waals surface area (Å²) in [5.41, 5.74) is 0. The summed E-state index contributed by atoms with van der Waals surface area (Å²) < 4.78 is 39.0. The molecule has 0 bridgehead atoms. The number of hydrogen-bond acceptors (Lipinski definition) is 1. The fourth-order valence-corrected chi connectivity index (χ4v) is 1.55. The minimum atomic E-state index is -6.00. The van der Waals surface area contributed by atoms with Crippen molar-refractivity contribution in [1.82, 2.24) is 0 Å². The lowest BCUT2D eigenvalue weighted by molar-refractivity contribution is 0.368.